The van der Waals surface area contributed by atoms with Crippen molar-refractivity contribution in [1.29, 1.82) is 0 Å². The van der Waals surface area contributed by atoms with Gasteiger partial charge in [-0.3, -0.25) is 0 Å². The second-order valence-electron chi connectivity index (χ2n) is 9.08. The third-order valence-corrected chi connectivity index (χ3v) is 8.38. The Morgan fingerprint density at radius 2 is 1.97 bits per heavy atom. The highest BCUT2D eigenvalue weighted by Crippen LogP contribution is 2.48. The Bertz CT molecular complexity index is 1060. The van der Waals surface area contributed by atoms with Crippen molar-refractivity contribution in [3.05, 3.63) is 47.9 Å². The summed E-state index contributed by atoms with van der Waals surface area (Å²) in [4.78, 5) is 9.77. The molecule has 1 saturated heterocycles. The number of aliphatic hydroxyl groups excluding tert-OH is 1. The summed E-state index contributed by atoms with van der Waals surface area (Å²) < 4.78 is 57.4. The lowest BCUT2D eigenvalue weighted by molar-refractivity contribution is 0.102. The van der Waals surface area contributed by atoms with E-state index in [0.29, 0.717) is 35.7 Å². The lowest BCUT2D eigenvalue weighted by Crippen LogP contribution is -2.35. The van der Waals surface area contributed by atoms with Gasteiger partial charge >= 0.3 is 0 Å². The van der Waals surface area contributed by atoms with Gasteiger partial charge in [-0.2, -0.15) is 4.39 Å². The number of nitrogens with zero attached hydrogens (tertiary/aromatic N) is 3. The van der Waals surface area contributed by atoms with Crippen LogP contribution in [0.2, 0.25) is 0 Å². The molecule has 2 heterocycles. The van der Waals surface area contributed by atoms with E-state index < -0.39 is 33.5 Å². The van der Waals surface area contributed by atoms with E-state index in [1.807, 2.05) is 0 Å². The quantitative estimate of drug-likeness (QED) is 0.589. The predicted molar refractivity (Wildman–Crippen MR) is 118 cm³/mol. The van der Waals surface area contributed by atoms with Gasteiger partial charge in [0.05, 0.1) is 42.4 Å². The van der Waals surface area contributed by atoms with Gasteiger partial charge in [-0.05, 0) is 56.1 Å². The van der Waals surface area contributed by atoms with Gasteiger partial charge in [-0.15, -0.1) is 0 Å². The number of sulfone groups is 1. The van der Waals surface area contributed by atoms with Crippen LogP contribution in [0.1, 0.15) is 31.7 Å². The Morgan fingerprint density at radius 3 is 2.61 bits per heavy atom. The minimum absolute atomic E-state index is 0.0907. The van der Waals surface area contributed by atoms with Crippen LogP contribution in [-0.4, -0.2) is 55.0 Å². The first-order chi connectivity index (χ1) is 15.7. The maximum atomic E-state index is 14.4. The van der Waals surface area contributed by atoms with Crippen molar-refractivity contribution in [3.63, 3.8) is 0 Å². The highest BCUT2D eigenvalue weighted by Gasteiger charge is 2.43. The van der Waals surface area contributed by atoms with Crippen molar-refractivity contribution in [2.45, 2.75) is 43.8 Å². The third-order valence-electron chi connectivity index (χ3n) is 6.49. The van der Waals surface area contributed by atoms with Crippen molar-refractivity contribution in [2.75, 3.05) is 30.3 Å². The van der Waals surface area contributed by atoms with E-state index in [2.05, 4.69) is 14.9 Å². The fourth-order valence-electron chi connectivity index (χ4n) is 4.64. The summed E-state index contributed by atoms with van der Waals surface area (Å²) in [5, 5.41) is 9.32. The summed E-state index contributed by atoms with van der Waals surface area (Å²) in [6, 6.07) is 3.79. The normalized spacial score (nSPS) is 22.4. The number of anilines is 1. The molecule has 0 amide bonds. The molecule has 1 aromatic carbocycles. The van der Waals surface area contributed by atoms with Crippen LogP contribution in [-0.2, 0) is 21.2 Å². The molecule has 33 heavy (non-hydrogen) atoms. The van der Waals surface area contributed by atoms with Gasteiger partial charge in [0.2, 0.25) is 5.95 Å². The van der Waals surface area contributed by atoms with Crippen molar-refractivity contribution >= 4 is 15.7 Å². The number of aromatic nitrogens is 2. The summed E-state index contributed by atoms with van der Waals surface area (Å²) >= 11 is 0. The molecule has 10 heteroatoms. The average molecular weight is 482 g/mol. The molecule has 1 unspecified atom stereocenters. The van der Waals surface area contributed by atoms with Crippen LogP contribution in [0.25, 0.3) is 0 Å². The van der Waals surface area contributed by atoms with E-state index in [4.69, 9.17) is 4.74 Å². The Labute approximate surface area is 192 Å². The van der Waals surface area contributed by atoms with E-state index in [9.17, 15) is 22.3 Å². The molecule has 2 aliphatic rings. The average Bonchev–Trinajstić information content (AvgIpc) is 3.54. The molecule has 1 saturated carbocycles. The molecule has 180 valence electrons. The first-order valence-corrected chi connectivity index (χ1v) is 12.9. The summed E-state index contributed by atoms with van der Waals surface area (Å²) in [6.45, 7) is 3.75. The maximum absolute atomic E-state index is 14.4. The van der Waals surface area contributed by atoms with Gasteiger partial charge in [0, 0.05) is 18.7 Å². The number of aliphatic hydroxyl groups is 1. The van der Waals surface area contributed by atoms with Gasteiger partial charge in [0.1, 0.15) is 11.6 Å². The number of halogens is 2. The summed E-state index contributed by atoms with van der Waals surface area (Å²) in [7, 11) is -3.72. The number of benzene rings is 1. The van der Waals surface area contributed by atoms with Crippen molar-refractivity contribution in [2.24, 2.45) is 17.8 Å². The van der Waals surface area contributed by atoms with Gasteiger partial charge in [0.25, 0.3) is 0 Å². The summed E-state index contributed by atoms with van der Waals surface area (Å²) in [5.41, 5.74) is 0.317. The van der Waals surface area contributed by atoms with Gasteiger partial charge < -0.3 is 14.7 Å². The third kappa shape index (κ3) is 6.04. The van der Waals surface area contributed by atoms with E-state index in [1.54, 1.807) is 0 Å². The first-order valence-electron chi connectivity index (χ1n) is 11.2. The molecule has 0 bridgehead atoms. The molecule has 7 nitrogen and oxygen atoms in total. The Kier molecular flexibility index (Phi) is 7.25. The number of rotatable bonds is 9. The Morgan fingerprint density at radius 1 is 1.21 bits per heavy atom. The minimum atomic E-state index is -3.72. The highest BCUT2D eigenvalue weighted by molar-refractivity contribution is 7.91. The predicted octanol–water partition coefficient (Wildman–Crippen LogP) is 2.98. The molecule has 2 aromatic rings. The van der Waals surface area contributed by atoms with E-state index in [0.717, 1.165) is 44.6 Å². The smallest absolute Gasteiger partial charge is 0.231 e. The van der Waals surface area contributed by atoms with Crippen LogP contribution in [0.5, 0.6) is 0 Å². The zero-order valence-corrected chi connectivity index (χ0v) is 19.3. The van der Waals surface area contributed by atoms with Crippen LogP contribution in [0.4, 0.5) is 14.6 Å². The number of hydrogen-bond acceptors (Lipinski definition) is 7. The fourth-order valence-corrected chi connectivity index (χ4v) is 6.02. The summed E-state index contributed by atoms with van der Waals surface area (Å²) in [6.07, 6.45) is 4.77. The molecule has 1 aliphatic carbocycles. The molecular formula is C23H29F2N3O4S. The SMILES string of the molecule is CC(O)CS(=O)(=O)c1ccc(COC[C@@H]2C[C@@H]2C2CCN(c3cnc(F)cn3)CC2)c(F)c1. The van der Waals surface area contributed by atoms with Gasteiger partial charge in [-0.25, -0.2) is 22.8 Å². The Hall–Kier alpha value is -2.17. The second kappa shape index (κ2) is 9.99. The minimum Gasteiger partial charge on any atom is -0.392 e. The number of hydrogen-bond donors (Lipinski definition) is 1. The number of ether oxygens (including phenoxy) is 1. The largest absolute Gasteiger partial charge is 0.392 e. The van der Waals surface area contributed by atoms with Crippen LogP contribution in [0, 0.1) is 29.5 Å². The Balaban J connectivity index is 1.21. The topological polar surface area (TPSA) is 92.6 Å². The molecule has 3 atom stereocenters. The van der Waals surface area contributed by atoms with Crippen molar-refractivity contribution in [1.82, 2.24) is 9.97 Å². The lowest BCUT2D eigenvalue weighted by Gasteiger charge is -2.32. The maximum Gasteiger partial charge on any atom is 0.231 e. The van der Waals surface area contributed by atoms with Crippen LogP contribution < -0.4 is 4.90 Å². The van der Waals surface area contributed by atoms with E-state index in [-0.39, 0.29) is 11.5 Å². The van der Waals surface area contributed by atoms with Crippen molar-refractivity contribution < 1.29 is 27.0 Å². The van der Waals surface area contributed by atoms with E-state index >= 15 is 0 Å². The molecule has 0 radical (unpaired) electrons. The second-order valence-corrected chi connectivity index (χ2v) is 11.1. The molecule has 2 fully saturated rings. The molecule has 1 aliphatic heterocycles. The van der Waals surface area contributed by atoms with Crippen LogP contribution in [0.15, 0.2) is 35.5 Å². The zero-order chi connectivity index (χ0) is 23.6. The summed E-state index contributed by atoms with van der Waals surface area (Å²) in [5.74, 6) is 0.736. The number of piperidine rings is 1. The zero-order valence-electron chi connectivity index (χ0n) is 18.5. The monoisotopic (exact) mass is 481 g/mol. The van der Waals surface area contributed by atoms with Crippen molar-refractivity contribution in [3.8, 4) is 0 Å². The molecular weight excluding hydrogens is 452 g/mol. The highest BCUT2D eigenvalue weighted by atomic mass is 32.2. The fraction of sp³-hybridized carbons (Fsp3) is 0.565. The molecule has 0 spiro atoms. The van der Waals surface area contributed by atoms with Crippen LogP contribution >= 0.6 is 0 Å². The molecule has 1 N–H and O–H groups in total. The molecule has 4 rings (SSSR count). The standard InChI is InChI=1S/C23H29F2N3O4S/c1-15(29)14-33(30,31)19-3-2-17(21(24)9-19)12-32-13-18-8-20(18)16-4-6-28(7-5-16)23-11-26-22(25)10-27-23/h2-3,9-11,15-16,18,20,29H,4-8,12-14H2,1H3/t15?,18-,20+/m0/s1. The first kappa shape index (κ1) is 24.0. The van der Waals surface area contributed by atoms with Crippen LogP contribution in [0.3, 0.4) is 0 Å². The van der Waals surface area contributed by atoms with E-state index in [1.165, 1.54) is 25.3 Å². The molecule has 1 aromatic heterocycles. The lowest BCUT2D eigenvalue weighted by atomic mass is 9.91. The van der Waals surface area contributed by atoms with Gasteiger partial charge in [0.15, 0.2) is 9.84 Å². The van der Waals surface area contributed by atoms with Gasteiger partial charge in [-0.1, -0.05) is 6.07 Å².